The summed E-state index contributed by atoms with van der Waals surface area (Å²) in [4.78, 5) is 26.5. The summed E-state index contributed by atoms with van der Waals surface area (Å²) in [6.45, 7) is 5.24. The number of H-pyrrole nitrogens is 1. The van der Waals surface area contributed by atoms with Crippen molar-refractivity contribution in [3.05, 3.63) is 18.0 Å². The first-order valence-electron chi connectivity index (χ1n) is 8.24. The number of hydrogen-bond acceptors (Lipinski definition) is 4. The Morgan fingerprint density at radius 3 is 2.91 bits per heavy atom. The largest absolute Gasteiger partial charge is 0.337 e. The molecule has 1 N–H and O–H groups in total. The number of aromatic amines is 1. The molecule has 1 saturated heterocycles. The lowest BCUT2D eigenvalue weighted by atomic mass is 9.94. The predicted octanol–water partition coefficient (Wildman–Crippen LogP) is 1.50. The second-order valence-electron chi connectivity index (χ2n) is 6.48. The Morgan fingerprint density at radius 1 is 1.39 bits per heavy atom. The van der Waals surface area contributed by atoms with E-state index in [-0.39, 0.29) is 17.9 Å². The van der Waals surface area contributed by atoms with Crippen molar-refractivity contribution in [2.45, 2.75) is 51.5 Å². The molecule has 0 unspecified atom stereocenters. The van der Waals surface area contributed by atoms with Gasteiger partial charge in [-0.15, -0.1) is 0 Å². The summed E-state index contributed by atoms with van der Waals surface area (Å²) in [5.74, 6) is 0.250. The van der Waals surface area contributed by atoms with Crippen molar-refractivity contribution in [3.63, 3.8) is 0 Å². The Morgan fingerprint density at radius 2 is 2.22 bits per heavy atom. The van der Waals surface area contributed by atoms with Gasteiger partial charge in [-0.3, -0.25) is 14.7 Å². The molecule has 0 aliphatic carbocycles. The highest BCUT2D eigenvalue weighted by molar-refractivity contribution is 6.39. The van der Waals surface area contributed by atoms with Crippen LogP contribution in [-0.4, -0.2) is 56.8 Å². The highest BCUT2D eigenvalue weighted by Gasteiger charge is 2.31. The third-order valence-corrected chi connectivity index (χ3v) is 4.47. The van der Waals surface area contributed by atoms with E-state index in [1.54, 1.807) is 6.20 Å². The third kappa shape index (κ3) is 3.28. The zero-order chi connectivity index (χ0) is 16.4. The van der Waals surface area contributed by atoms with Gasteiger partial charge in [-0.2, -0.15) is 10.2 Å². The lowest BCUT2D eigenvalue weighted by Crippen LogP contribution is -2.46. The van der Waals surface area contributed by atoms with Crippen LogP contribution >= 0.6 is 0 Å². The summed E-state index contributed by atoms with van der Waals surface area (Å²) in [7, 11) is 0. The van der Waals surface area contributed by atoms with Crippen LogP contribution in [0.25, 0.3) is 0 Å². The first-order chi connectivity index (χ1) is 11.1. The standard InChI is InChI=1S/C16H23N5O2/c1-11(2)21-15(22)6-5-14(19-21)16(23)20-9-3-4-12(10-20)13-7-8-17-18-13/h7-8,11-12H,3-6,9-10H2,1-2H3,(H,17,18)/t12-/m0/s1. The van der Waals surface area contributed by atoms with Gasteiger partial charge in [0, 0.05) is 49.8 Å². The predicted molar refractivity (Wildman–Crippen MR) is 85.8 cm³/mol. The molecule has 124 valence electrons. The molecule has 7 heteroatoms. The van der Waals surface area contributed by atoms with Crippen molar-refractivity contribution in [1.29, 1.82) is 0 Å². The van der Waals surface area contributed by atoms with Crippen molar-refractivity contribution >= 4 is 17.5 Å². The summed E-state index contributed by atoms with van der Waals surface area (Å²) < 4.78 is 0. The van der Waals surface area contributed by atoms with Gasteiger partial charge in [0.25, 0.3) is 5.91 Å². The van der Waals surface area contributed by atoms with E-state index in [1.807, 2.05) is 24.8 Å². The summed E-state index contributed by atoms with van der Waals surface area (Å²) in [6.07, 6.45) is 4.56. The van der Waals surface area contributed by atoms with Gasteiger partial charge < -0.3 is 4.90 Å². The average Bonchev–Trinajstić information content (AvgIpc) is 3.09. The fraction of sp³-hybridized carbons (Fsp3) is 0.625. The van der Waals surface area contributed by atoms with Crippen molar-refractivity contribution in [1.82, 2.24) is 20.1 Å². The van der Waals surface area contributed by atoms with Crippen LogP contribution < -0.4 is 0 Å². The van der Waals surface area contributed by atoms with Gasteiger partial charge >= 0.3 is 0 Å². The van der Waals surface area contributed by atoms with Crippen molar-refractivity contribution < 1.29 is 9.59 Å². The van der Waals surface area contributed by atoms with Gasteiger partial charge in [-0.25, -0.2) is 5.01 Å². The number of hydrogen-bond donors (Lipinski definition) is 1. The molecule has 1 atom stereocenters. The van der Waals surface area contributed by atoms with Crippen LogP contribution in [0.1, 0.15) is 51.1 Å². The zero-order valence-corrected chi connectivity index (χ0v) is 13.7. The number of aromatic nitrogens is 2. The van der Waals surface area contributed by atoms with Gasteiger partial charge in [0.15, 0.2) is 0 Å². The van der Waals surface area contributed by atoms with Gasteiger partial charge in [-0.1, -0.05) is 0 Å². The number of piperidine rings is 1. The van der Waals surface area contributed by atoms with Crippen LogP contribution in [0, 0.1) is 0 Å². The maximum atomic E-state index is 12.8. The van der Waals surface area contributed by atoms with E-state index in [0.29, 0.717) is 31.0 Å². The third-order valence-electron chi connectivity index (χ3n) is 4.47. The summed E-state index contributed by atoms with van der Waals surface area (Å²) >= 11 is 0. The Balaban J connectivity index is 1.72. The number of likely N-dealkylation sites (tertiary alicyclic amines) is 1. The topological polar surface area (TPSA) is 81.7 Å². The summed E-state index contributed by atoms with van der Waals surface area (Å²) in [6, 6.07) is 1.94. The monoisotopic (exact) mass is 317 g/mol. The molecule has 3 rings (SSSR count). The molecule has 1 aromatic heterocycles. The number of carbonyl (C=O) groups excluding carboxylic acids is 2. The molecule has 2 aliphatic rings. The normalized spacial score (nSPS) is 22.5. The maximum absolute atomic E-state index is 12.8. The van der Waals surface area contributed by atoms with Crippen molar-refractivity contribution in [2.24, 2.45) is 5.10 Å². The molecule has 0 saturated carbocycles. The molecular weight excluding hydrogens is 294 g/mol. The minimum absolute atomic E-state index is 0.00877. The van der Waals surface area contributed by atoms with E-state index in [9.17, 15) is 9.59 Å². The molecular formula is C16H23N5O2. The second-order valence-corrected chi connectivity index (χ2v) is 6.48. The Kier molecular flexibility index (Phi) is 4.45. The quantitative estimate of drug-likeness (QED) is 0.917. The van der Waals surface area contributed by atoms with Crippen molar-refractivity contribution in [3.8, 4) is 0 Å². The lowest BCUT2D eigenvalue weighted by Gasteiger charge is -2.34. The first kappa shape index (κ1) is 15.7. The molecule has 0 radical (unpaired) electrons. The smallest absolute Gasteiger partial charge is 0.270 e. The molecule has 0 spiro atoms. The molecule has 1 fully saturated rings. The minimum Gasteiger partial charge on any atom is -0.337 e. The molecule has 1 aromatic rings. The summed E-state index contributed by atoms with van der Waals surface area (Å²) in [5, 5.41) is 12.8. The van der Waals surface area contributed by atoms with Crippen LogP contribution in [-0.2, 0) is 9.59 Å². The van der Waals surface area contributed by atoms with Gasteiger partial charge in [0.1, 0.15) is 5.71 Å². The number of nitrogens with zero attached hydrogens (tertiary/aromatic N) is 4. The van der Waals surface area contributed by atoms with Crippen LogP contribution in [0.15, 0.2) is 17.4 Å². The van der Waals surface area contributed by atoms with Crippen molar-refractivity contribution in [2.75, 3.05) is 13.1 Å². The SMILES string of the molecule is CC(C)N1N=C(C(=O)N2CCC[C@H](c3ccn[nH]3)C2)CCC1=O. The van der Waals surface area contributed by atoms with E-state index >= 15 is 0 Å². The van der Waals surface area contributed by atoms with Gasteiger partial charge in [0.2, 0.25) is 5.91 Å². The van der Waals surface area contributed by atoms with Crippen LogP contribution in [0.3, 0.4) is 0 Å². The molecule has 2 amide bonds. The number of amides is 2. The van der Waals surface area contributed by atoms with Crippen LogP contribution in [0.4, 0.5) is 0 Å². The lowest BCUT2D eigenvalue weighted by molar-refractivity contribution is -0.133. The minimum atomic E-state index is -0.0348. The number of carbonyl (C=O) groups is 2. The number of hydrazone groups is 1. The summed E-state index contributed by atoms with van der Waals surface area (Å²) in [5.41, 5.74) is 1.58. The molecule has 0 aromatic carbocycles. The molecule has 3 heterocycles. The fourth-order valence-corrected chi connectivity index (χ4v) is 3.22. The van der Waals surface area contributed by atoms with E-state index in [2.05, 4.69) is 15.3 Å². The Hall–Kier alpha value is -2.18. The first-order valence-corrected chi connectivity index (χ1v) is 8.24. The number of rotatable bonds is 3. The Labute approximate surface area is 135 Å². The van der Waals surface area contributed by atoms with E-state index in [0.717, 1.165) is 25.1 Å². The highest BCUT2D eigenvalue weighted by atomic mass is 16.2. The average molecular weight is 317 g/mol. The Bertz CT molecular complexity index is 608. The van der Waals surface area contributed by atoms with Crippen LogP contribution in [0.5, 0.6) is 0 Å². The fourth-order valence-electron chi connectivity index (χ4n) is 3.22. The van der Waals surface area contributed by atoms with E-state index in [4.69, 9.17) is 0 Å². The zero-order valence-electron chi connectivity index (χ0n) is 13.7. The highest BCUT2D eigenvalue weighted by Crippen LogP contribution is 2.26. The van der Waals surface area contributed by atoms with Crippen LogP contribution in [0.2, 0.25) is 0 Å². The van der Waals surface area contributed by atoms with Gasteiger partial charge in [0.05, 0.1) is 0 Å². The van der Waals surface area contributed by atoms with E-state index < -0.39 is 0 Å². The second kappa shape index (κ2) is 6.52. The molecule has 0 bridgehead atoms. The van der Waals surface area contributed by atoms with E-state index in [1.165, 1.54) is 5.01 Å². The molecule has 23 heavy (non-hydrogen) atoms. The number of nitrogens with one attached hydrogen (secondary N) is 1. The van der Waals surface area contributed by atoms with Gasteiger partial charge in [-0.05, 0) is 32.8 Å². The molecule has 2 aliphatic heterocycles. The molecule has 7 nitrogen and oxygen atoms in total. The maximum Gasteiger partial charge on any atom is 0.270 e.